The molecule has 1 saturated heterocycles. The third-order valence-corrected chi connectivity index (χ3v) is 6.17. The molecule has 2 aromatic carbocycles. The normalized spacial score (nSPS) is 17.5. The van der Waals surface area contributed by atoms with Gasteiger partial charge in [0.1, 0.15) is 5.82 Å². The molecule has 0 radical (unpaired) electrons. The van der Waals surface area contributed by atoms with Gasteiger partial charge in [0, 0.05) is 37.1 Å². The van der Waals surface area contributed by atoms with Gasteiger partial charge in [-0.15, -0.1) is 0 Å². The van der Waals surface area contributed by atoms with Crippen LogP contribution in [0.5, 0.6) is 0 Å². The summed E-state index contributed by atoms with van der Waals surface area (Å²) in [4.78, 5) is 40.5. The molecule has 0 spiro atoms. The van der Waals surface area contributed by atoms with Crippen molar-refractivity contribution in [2.24, 2.45) is 0 Å². The van der Waals surface area contributed by atoms with Gasteiger partial charge in [-0.25, -0.2) is 9.78 Å². The summed E-state index contributed by atoms with van der Waals surface area (Å²) in [6.07, 6.45) is 3.78. The van der Waals surface area contributed by atoms with Crippen LogP contribution in [0.25, 0.3) is 0 Å². The molecule has 8 heteroatoms. The number of para-hydroxylation sites is 1. The average Bonchev–Trinajstić information content (AvgIpc) is 3.35. The molecule has 172 valence electrons. The van der Waals surface area contributed by atoms with Crippen molar-refractivity contribution >= 4 is 29.4 Å². The topological polar surface area (TPSA) is 81.7 Å². The highest BCUT2D eigenvalue weighted by atomic mass is 16.2. The first-order chi connectivity index (χ1) is 16.6. The van der Waals surface area contributed by atoms with E-state index in [9.17, 15) is 9.59 Å². The largest absolute Gasteiger partial charge is 0.337 e. The van der Waals surface area contributed by atoms with Crippen LogP contribution in [0.1, 0.15) is 17.5 Å². The summed E-state index contributed by atoms with van der Waals surface area (Å²) in [5.74, 6) is 0.902. The number of fused-ring (bicyclic) bond motifs is 1. The molecule has 3 aromatic rings. The first-order valence-electron chi connectivity index (χ1n) is 11.3. The Labute approximate surface area is 198 Å². The zero-order chi connectivity index (χ0) is 23.5. The minimum absolute atomic E-state index is 0.112. The number of carbonyl (C=O) groups excluding carboxylic acids is 2. The lowest BCUT2D eigenvalue weighted by atomic mass is 10.1. The average molecular weight is 455 g/mol. The lowest BCUT2D eigenvalue weighted by Crippen LogP contribution is -2.52. The Kier molecular flexibility index (Phi) is 5.95. The maximum atomic E-state index is 13.7. The quantitative estimate of drug-likeness (QED) is 0.571. The van der Waals surface area contributed by atoms with Gasteiger partial charge in [-0.2, -0.15) is 4.98 Å². The first kappa shape index (κ1) is 21.6. The number of anilines is 3. The molecule has 0 unspecified atom stereocenters. The fourth-order valence-corrected chi connectivity index (χ4v) is 4.48. The number of carbonyl (C=O) groups is 2. The van der Waals surface area contributed by atoms with Crippen LogP contribution in [0, 0.1) is 0 Å². The van der Waals surface area contributed by atoms with Crippen molar-refractivity contribution in [1.29, 1.82) is 0 Å². The van der Waals surface area contributed by atoms with Crippen molar-refractivity contribution in [2.75, 3.05) is 23.3 Å². The number of nitrogens with zero attached hydrogens (tertiary/aromatic N) is 5. The van der Waals surface area contributed by atoms with Crippen LogP contribution >= 0.6 is 0 Å². The second-order valence-electron chi connectivity index (χ2n) is 8.46. The molecule has 1 N–H and O–H groups in total. The predicted molar refractivity (Wildman–Crippen MR) is 131 cm³/mol. The van der Waals surface area contributed by atoms with Crippen LogP contribution in [-0.4, -0.2) is 50.8 Å². The Morgan fingerprint density at radius 3 is 2.59 bits per heavy atom. The number of aromatic nitrogens is 2. The van der Waals surface area contributed by atoms with Crippen LogP contribution < -0.4 is 10.2 Å². The standard InChI is InChI=1S/C26H26N6O2/c1-2-23(33)30-14-13-22(18-30)32-24-20(15-27-25(29-24)28-21-11-7-4-8-12-21)17-31(26(32)34)16-19-9-5-3-6-10-19/h2-12,15,22H,1,13-14,16-18H2,(H,27,28,29)/t22-/m0/s1. The molecule has 0 saturated carbocycles. The molecule has 0 aliphatic carbocycles. The summed E-state index contributed by atoms with van der Waals surface area (Å²) in [5, 5.41) is 3.22. The van der Waals surface area contributed by atoms with Crippen molar-refractivity contribution < 1.29 is 9.59 Å². The van der Waals surface area contributed by atoms with Crippen molar-refractivity contribution in [1.82, 2.24) is 19.8 Å². The first-order valence-corrected chi connectivity index (χ1v) is 11.3. The van der Waals surface area contributed by atoms with E-state index in [1.807, 2.05) is 65.6 Å². The molecule has 2 aliphatic rings. The summed E-state index contributed by atoms with van der Waals surface area (Å²) < 4.78 is 0. The molecule has 2 aliphatic heterocycles. The van der Waals surface area contributed by atoms with E-state index in [-0.39, 0.29) is 18.0 Å². The minimum Gasteiger partial charge on any atom is -0.337 e. The van der Waals surface area contributed by atoms with Gasteiger partial charge in [-0.3, -0.25) is 9.69 Å². The van der Waals surface area contributed by atoms with Gasteiger partial charge < -0.3 is 15.1 Å². The number of likely N-dealkylation sites (tertiary alicyclic amines) is 1. The fourth-order valence-electron chi connectivity index (χ4n) is 4.48. The lowest BCUT2D eigenvalue weighted by Gasteiger charge is -2.39. The number of nitrogens with one attached hydrogen (secondary N) is 1. The zero-order valence-corrected chi connectivity index (χ0v) is 18.8. The molecular weight excluding hydrogens is 428 g/mol. The number of benzene rings is 2. The monoisotopic (exact) mass is 454 g/mol. The second-order valence-corrected chi connectivity index (χ2v) is 8.46. The number of urea groups is 1. The highest BCUT2D eigenvalue weighted by Gasteiger charge is 2.40. The van der Waals surface area contributed by atoms with Gasteiger partial charge in [-0.05, 0) is 30.2 Å². The minimum atomic E-state index is -0.173. The van der Waals surface area contributed by atoms with E-state index in [4.69, 9.17) is 4.98 Å². The lowest BCUT2D eigenvalue weighted by molar-refractivity contribution is -0.125. The molecule has 3 heterocycles. The van der Waals surface area contributed by atoms with Crippen molar-refractivity contribution in [3.8, 4) is 0 Å². The number of rotatable bonds is 6. The molecule has 5 rings (SSSR count). The van der Waals surface area contributed by atoms with E-state index >= 15 is 0 Å². The molecule has 3 amide bonds. The third-order valence-electron chi connectivity index (χ3n) is 6.17. The van der Waals surface area contributed by atoms with Gasteiger partial charge in [0.05, 0.1) is 12.6 Å². The van der Waals surface area contributed by atoms with E-state index in [1.165, 1.54) is 6.08 Å². The van der Waals surface area contributed by atoms with Crippen LogP contribution in [0.15, 0.2) is 79.5 Å². The summed E-state index contributed by atoms with van der Waals surface area (Å²) in [5.41, 5.74) is 2.80. The number of amides is 3. The maximum absolute atomic E-state index is 13.7. The van der Waals surface area contributed by atoms with Crippen LogP contribution in [0.3, 0.4) is 0 Å². The van der Waals surface area contributed by atoms with Crippen LogP contribution in [0.4, 0.5) is 22.2 Å². The smallest absolute Gasteiger partial charge is 0.326 e. The van der Waals surface area contributed by atoms with E-state index in [0.717, 1.165) is 16.8 Å². The number of hydrogen-bond donors (Lipinski definition) is 1. The zero-order valence-electron chi connectivity index (χ0n) is 18.8. The molecule has 8 nitrogen and oxygen atoms in total. The van der Waals surface area contributed by atoms with E-state index in [0.29, 0.717) is 44.4 Å². The van der Waals surface area contributed by atoms with Crippen LogP contribution in [0.2, 0.25) is 0 Å². The molecule has 1 fully saturated rings. The van der Waals surface area contributed by atoms with Gasteiger partial charge in [-0.1, -0.05) is 55.1 Å². The van der Waals surface area contributed by atoms with Gasteiger partial charge >= 0.3 is 6.03 Å². The summed E-state index contributed by atoms with van der Waals surface area (Å²) in [7, 11) is 0. The van der Waals surface area contributed by atoms with Crippen molar-refractivity contribution in [2.45, 2.75) is 25.6 Å². The SMILES string of the molecule is C=CC(=O)N1CC[C@H](N2C(=O)N(Cc3ccccc3)Cc3cnc(Nc4ccccc4)nc32)C1. The van der Waals surface area contributed by atoms with E-state index < -0.39 is 0 Å². The Hall–Kier alpha value is -4.20. The van der Waals surface area contributed by atoms with Crippen molar-refractivity contribution in [3.63, 3.8) is 0 Å². The van der Waals surface area contributed by atoms with E-state index in [2.05, 4.69) is 16.9 Å². The summed E-state index contributed by atoms with van der Waals surface area (Å²) >= 11 is 0. The van der Waals surface area contributed by atoms with Crippen LogP contribution in [-0.2, 0) is 17.9 Å². The molecular formula is C26H26N6O2. The Bertz CT molecular complexity index is 1200. The fraction of sp³-hybridized carbons (Fsp3) is 0.231. The van der Waals surface area contributed by atoms with Crippen molar-refractivity contribution in [3.05, 3.63) is 90.6 Å². The summed E-state index contributed by atoms with van der Waals surface area (Å²) in [6.45, 7) is 5.53. The maximum Gasteiger partial charge on any atom is 0.326 e. The summed E-state index contributed by atoms with van der Waals surface area (Å²) in [6, 6.07) is 19.3. The van der Waals surface area contributed by atoms with Gasteiger partial charge in [0.2, 0.25) is 11.9 Å². The molecule has 34 heavy (non-hydrogen) atoms. The molecule has 0 bridgehead atoms. The predicted octanol–water partition coefficient (Wildman–Crippen LogP) is 3.95. The van der Waals surface area contributed by atoms with Gasteiger partial charge in [0.15, 0.2) is 0 Å². The number of hydrogen-bond acceptors (Lipinski definition) is 5. The van der Waals surface area contributed by atoms with Gasteiger partial charge in [0.25, 0.3) is 0 Å². The molecule has 1 aromatic heterocycles. The highest BCUT2D eigenvalue weighted by Crippen LogP contribution is 2.33. The Balaban J connectivity index is 1.47. The highest BCUT2D eigenvalue weighted by molar-refractivity contribution is 5.95. The second kappa shape index (κ2) is 9.35. The van der Waals surface area contributed by atoms with E-state index in [1.54, 1.807) is 16.0 Å². The Morgan fingerprint density at radius 2 is 1.85 bits per heavy atom. The molecule has 1 atom stereocenters. The third kappa shape index (κ3) is 4.34. The Morgan fingerprint density at radius 1 is 1.12 bits per heavy atom.